The number of hydrogen-bond acceptors (Lipinski definition) is 4. The maximum absolute atomic E-state index is 12.3. The van der Waals surface area contributed by atoms with E-state index in [9.17, 15) is 13.5 Å². The summed E-state index contributed by atoms with van der Waals surface area (Å²) in [7, 11) is -2.06. The molecule has 0 aromatic heterocycles. The lowest BCUT2D eigenvalue weighted by atomic mass is 10.1. The number of ether oxygens (including phenoxy) is 1. The van der Waals surface area contributed by atoms with E-state index in [1.807, 2.05) is 13.0 Å². The second-order valence-corrected chi connectivity index (χ2v) is 6.89. The number of benzene rings is 2. The van der Waals surface area contributed by atoms with Gasteiger partial charge in [-0.05, 0) is 31.2 Å². The third-order valence-corrected chi connectivity index (χ3v) is 4.97. The molecular formula is C16H18O4S. The molecule has 0 aliphatic rings. The summed E-state index contributed by atoms with van der Waals surface area (Å²) in [4.78, 5) is 0.204. The fourth-order valence-corrected chi connectivity index (χ4v) is 3.50. The average molecular weight is 306 g/mol. The Labute approximate surface area is 124 Å². The number of sulfone groups is 1. The van der Waals surface area contributed by atoms with Crippen LogP contribution in [-0.4, -0.2) is 26.4 Å². The summed E-state index contributed by atoms with van der Waals surface area (Å²) >= 11 is 0. The highest BCUT2D eigenvalue weighted by atomic mass is 32.2. The quantitative estimate of drug-likeness (QED) is 0.922. The zero-order valence-electron chi connectivity index (χ0n) is 12.0. The lowest BCUT2D eigenvalue weighted by Crippen LogP contribution is -2.15. The van der Waals surface area contributed by atoms with E-state index in [2.05, 4.69) is 0 Å². The van der Waals surface area contributed by atoms with Crippen LogP contribution < -0.4 is 4.74 Å². The van der Waals surface area contributed by atoms with E-state index in [0.29, 0.717) is 11.3 Å². The molecule has 0 aliphatic carbocycles. The van der Waals surface area contributed by atoms with Crippen molar-refractivity contribution in [3.05, 3.63) is 59.7 Å². The van der Waals surface area contributed by atoms with Crippen LogP contribution in [0.3, 0.4) is 0 Å². The number of methoxy groups -OCH3 is 1. The Morgan fingerprint density at radius 3 is 2.43 bits per heavy atom. The Hall–Kier alpha value is -1.85. The lowest BCUT2D eigenvalue weighted by molar-refractivity contribution is 0.196. The van der Waals surface area contributed by atoms with Crippen LogP contribution in [0.2, 0.25) is 0 Å². The molecule has 0 saturated heterocycles. The van der Waals surface area contributed by atoms with Crippen LogP contribution in [0.15, 0.2) is 53.4 Å². The minimum Gasteiger partial charge on any atom is -0.496 e. The van der Waals surface area contributed by atoms with E-state index in [0.717, 1.165) is 5.56 Å². The van der Waals surface area contributed by atoms with Gasteiger partial charge in [0.2, 0.25) is 0 Å². The van der Waals surface area contributed by atoms with Crippen LogP contribution in [0.4, 0.5) is 0 Å². The van der Waals surface area contributed by atoms with Crippen LogP contribution in [0.25, 0.3) is 0 Å². The maximum atomic E-state index is 12.3. The van der Waals surface area contributed by atoms with Gasteiger partial charge in [0.1, 0.15) is 5.75 Å². The fourth-order valence-electron chi connectivity index (χ4n) is 2.14. The zero-order valence-corrected chi connectivity index (χ0v) is 12.8. The van der Waals surface area contributed by atoms with Gasteiger partial charge in [-0.2, -0.15) is 0 Å². The predicted octanol–water partition coefficient (Wildman–Crippen LogP) is 2.51. The van der Waals surface area contributed by atoms with Crippen molar-refractivity contribution in [1.82, 2.24) is 0 Å². The molecule has 0 radical (unpaired) electrons. The van der Waals surface area contributed by atoms with Gasteiger partial charge in [-0.15, -0.1) is 0 Å². The summed E-state index contributed by atoms with van der Waals surface area (Å²) in [5, 5.41) is 10.3. The molecule has 2 rings (SSSR count). The van der Waals surface area contributed by atoms with Crippen molar-refractivity contribution in [2.45, 2.75) is 17.9 Å². The summed E-state index contributed by atoms with van der Waals surface area (Å²) < 4.78 is 29.8. The molecule has 1 unspecified atom stereocenters. The summed E-state index contributed by atoms with van der Waals surface area (Å²) in [6, 6.07) is 13.4. The van der Waals surface area contributed by atoms with Crippen molar-refractivity contribution >= 4 is 9.84 Å². The normalized spacial score (nSPS) is 12.9. The maximum Gasteiger partial charge on any atom is 0.181 e. The van der Waals surface area contributed by atoms with Crippen LogP contribution in [-0.2, 0) is 9.84 Å². The topological polar surface area (TPSA) is 63.6 Å². The standard InChI is InChI=1S/C16H18O4S/c1-12-8-9-16(20-2)14(10-12)15(17)11-21(18,19)13-6-4-3-5-7-13/h3-10,15,17H,11H2,1-2H3. The minimum atomic E-state index is -3.55. The van der Waals surface area contributed by atoms with Crippen molar-refractivity contribution in [1.29, 1.82) is 0 Å². The van der Waals surface area contributed by atoms with Gasteiger partial charge in [0.05, 0.1) is 23.9 Å². The zero-order chi connectivity index (χ0) is 15.5. The molecule has 0 amide bonds. The van der Waals surface area contributed by atoms with Crippen LogP contribution >= 0.6 is 0 Å². The highest BCUT2D eigenvalue weighted by Gasteiger charge is 2.23. The van der Waals surface area contributed by atoms with Crippen LogP contribution in [0.1, 0.15) is 17.2 Å². The second kappa shape index (κ2) is 6.28. The van der Waals surface area contributed by atoms with Gasteiger partial charge in [-0.3, -0.25) is 0 Å². The first-order chi connectivity index (χ1) is 9.94. The summed E-state index contributed by atoms with van der Waals surface area (Å²) in [5.41, 5.74) is 1.42. The summed E-state index contributed by atoms with van der Waals surface area (Å²) in [6.07, 6.45) is -1.13. The molecule has 0 spiro atoms. The van der Waals surface area contributed by atoms with Crippen molar-refractivity contribution in [2.75, 3.05) is 12.9 Å². The van der Waals surface area contributed by atoms with Gasteiger partial charge in [-0.1, -0.05) is 29.8 Å². The van der Waals surface area contributed by atoms with Gasteiger partial charge in [0, 0.05) is 5.56 Å². The first-order valence-electron chi connectivity index (χ1n) is 6.54. The van der Waals surface area contributed by atoms with Gasteiger partial charge in [0.15, 0.2) is 9.84 Å². The molecule has 2 aromatic carbocycles. The number of aryl methyl sites for hydroxylation is 1. The monoisotopic (exact) mass is 306 g/mol. The van der Waals surface area contributed by atoms with E-state index in [1.165, 1.54) is 19.2 Å². The van der Waals surface area contributed by atoms with Gasteiger partial charge in [0.25, 0.3) is 0 Å². The molecule has 112 valence electrons. The van der Waals surface area contributed by atoms with E-state index in [1.54, 1.807) is 30.3 Å². The summed E-state index contributed by atoms with van der Waals surface area (Å²) in [5.74, 6) is 0.105. The summed E-state index contributed by atoms with van der Waals surface area (Å²) in [6.45, 7) is 1.88. The minimum absolute atomic E-state index is 0.204. The molecule has 0 heterocycles. The van der Waals surface area contributed by atoms with E-state index < -0.39 is 15.9 Å². The molecule has 1 atom stereocenters. The smallest absolute Gasteiger partial charge is 0.181 e. The first kappa shape index (κ1) is 15.5. The van der Waals surface area contributed by atoms with E-state index in [-0.39, 0.29) is 10.6 Å². The average Bonchev–Trinajstić information content (AvgIpc) is 2.47. The fraction of sp³-hybridized carbons (Fsp3) is 0.250. The van der Waals surface area contributed by atoms with E-state index >= 15 is 0 Å². The molecule has 0 fully saturated rings. The Morgan fingerprint density at radius 2 is 1.81 bits per heavy atom. The second-order valence-electron chi connectivity index (χ2n) is 4.86. The molecule has 0 saturated carbocycles. The van der Waals surface area contributed by atoms with Crippen molar-refractivity contribution in [3.63, 3.8) is 0 Å². The van der Waals surface area contributed by atoms with Gasteiger partial charge >= 0.3 is 0 Å². The number of rotatable bonds is 5. The van der Waals surface area contributed by atoms with Crippen LogP contribution in [0.5, 0.6) is 5.75 Å². The molecule has 0 bridgehead atoms. The Bertz CT molecular complexity index is 708. The number of aliphatic hydroxyl groups is 1. The Morgan fingerprint density at radius 1 is 1.14 bits per heavy atom. The lowest BCUT2D eigenvalue weighted by Gasteiger charge is -2.16. The molecule has 21 heavy (non-hydrogen) atoms. The third-order valence-electron chi connectivity index (χ3n) is 3.22. The van der Waals surface area contributed by atoms with Gasteiger partial charge < -0.3 is 9.84 Å². The van der Waals surface area contributed by atoms with Crippen LogP contribution in [0, 0.1) is 6.92 Å². The predicted molar refractivity (Wildman–Crippen MR) is 81.2 cm³/mol. The molecule has 2 aromatic rings. The van der Waals surface area contributed by atoms with E-state index in [4.69, 9.17) is 4.74 Å². The number of aliphatic hydroxyl groups excluding tert-OH is 1. The third kappa shape index (κ3) is 3.62. The highest BCUT2D eigenvalue weighted by Crippen LogP contribution is 2.28. The molecule has 4 nitrogen and oxygen atoms in total. The largest absolute Gasteiger partial charge is 0.496 e. The molecule has 0 aliphatic heterocycles. The van der Waals surface area contributed by atoms with Gasteiger partial charge in [-0.25, -0.2) is 8.42 Å². The SMILES string of the molecule is COc1ccc(C)cc1C(O)CS(=O)(=O)c1ccccc1. The van der Waals surface area contributed by atoms with Crippen molar-refractivity contribution in [3.8, 4) is 5.75 Å². The molecule has 5 heteroatoms. The molecular weight excluding hydrogens is 288 g/mol. The molecule has 1 N–H and O–H groups in total. The van der Waals surface area contributed by atoms with Crippen molar-refractivity contribution < 1.29 is 18.3 Å². The highest BCUT2D eigenvalue weighted by molar-refractivity contribution is 7.91. The Kier molecular flexibility index (Phi) is 4.65. The number of hydrogen-bond donors (Lipinski definition) is 1. The first-order valence-corrected chi connectivity index (χ1v) is 8.19. The Balaban J connectivity index is 2.30. The van der Waals surface area contributed by atoms with Crippen molar-refractivity contribution in [2.24, 2.45) is 0 Å².